The molecular formula is C22H26O2. The third-order valence-corrected chi connectivity index (χ3v) is 5.42. The molecular weight excluding hydrogens is 296 g/mol. The van der Waals surface area contributed by atoms with Crippen molar-refractivity contribution in [3.63, 3.8) is 0 Å². The van der Waals surface area contributed by atoms with Crippen LogP contribution in [0.5, 0.6) is 0 Å². The smallest absolute Gasteiger partial charge is 0.309 e. The van der Waals surface area contributed by atoms with Crippen molar-refractivity contribution in [3.05, 3.63) is 59.2 Å². The molecule has 2 aromatic rings. The van der Waals surface area contributed by atoms with Crippen LogP contribution in [0.25, 0.3) is 11.1 Å². The zero-order valence-corrected chi connectivity index (χ0v) is 15.1. The molecule has 2 aromatic carbocycles. The van der Waals surface area contributed by atoms with E-state index in [4.69, 9.17) is 4.74 Å². The second kappa shape index (κ2) is 6.43. The van der Waals surface area contributed by atoms with Crippen LogP contribution in [0.3, 0.4) is 0 Å². The Morgan fingerprint density at radius 2 is 1.83 bits per heavy atom. The molecule has 1 aliphatic carbocycles. The molecule has 0 amide bonds. The lowest BCUT2D eigenvalue weighted by Gasteiger charge is -2.30. The Morgan fingerprint density at radius 3 is 2.54 bits per heavy atom. The molecule has 0 spiro atoms. The molecule has 0 aliphatic heterocycles. The van der Waals surface area contributed by atoms with Gasteiger partial charge in [-0.25, -0.2) is 0 Å². The quantitative estimate of drug-likeness (QED) is 0.582. The average molecular weight is 322 g/mol. The molecule has 0 heterocycles. The van der Waals surface area contributed by atoms with E-state index in [2.05, 4.69) is 49.4 Å². The van der Waals surface area contributed by atoms with Crippen molar-refractivity contribution in [2.45, 2.75) is 52.6 Å². The molecule has 2 heteroatoms. The van der Waals surface area contributed by atoms with Crippen LogP contribution in [0, 0.1) is 5.92 Å². The van der Waals surface area contributed by atoms with E-state index in [0.717, 1.165) is 24.8 Å². The van der Waals surface area contributed by atoms with E-state index >= 15 is 0 Å². The van der Waals surface area contributed by atoms with Crippen molar-refractivity contribution >= 4 is 5.97 Å². The van der Waals surface area contributed by atoms with Gasteiger partial charge in [0.25, 0.3) is 0 Å². The minimum absolute atomic E-state index is 0.0606. The van der Waals surface area contributed by atoms with E-state index in [1.54, 1.807) is 0 Å². The Bertz CT molecular complexity index is 762. The lowest BCUT2D eigenvalue weighted by Crippen LogP contribution is -2.31. The molecule has 0 saturated carbocycles. The molecule has 24 heavy (non-hydrogen) atoms. The molecule has 2 nitrogen and oxygen atoms in total. The maximum atomic E-state index is 12.3. The summed E-state index contributed by atoms with van der Waals surface area (Å²) >= 11 is 0. The summed E-state index contributed by atoms with van der Waals surface area (Å²) in [5.41, 5.74) is 5.86. The van der Waals surface area contributed by atoms with Gasteiger partial charge < -0.3 is 4.74 Å². The summed E-state index contributed by atoms with van der Waals surface area (Å²) in [5, 5.41) is 0. The predicted octanol–water partition coefficient (Wildman–Crippen LogP) is 5.47. The predicted molar refractivity (Wildman–Crippen MR) is 97.9 cm³/mol. The van der Waals surface area contributed by atoms with E-state index in [1.807, 2.05) is 20.8 Å². The molecule has 126 valence electrons. The van der Waals surface area contributed by atoms with Gasteiger partial charge in [0.1, 0.15) is 5.60 Å². The maximum Gasteiger partial charge on any atom is 0.309 e. The molecule has 3 rings (SSSR count). The lowest BCUT2D eigenvalue weighted by molar-refractivity contribution is -0.164. The number of benzene rings is 2. The fourth-order valence-electron chi connectivity index (χ4n) is 3.30. The van der Waals surface area contributed by atoms with E-state index in [0.29, 0.717) is 0 Å². The largest absolute Gasteiger partial charge is 0.454 e. The van der Waals surface area contributed by atoms with Crippen LogP contribution in [0.2, 0.25) is 0 Å². The van der Waals surface area contributed by atoms with E-state index in [9.17, 15) is 4.79 Å². The second-order valence-electron chi connectivity index (χ2n) is 7.02. The number of carbonyl (C=O) groups excluding carboxylic acids is 1. The number of fused-ring (bicyclic) bond motifs is 3. The van der Waals surface area contributed by atoms with Gasteiger partial charge in [-0.2, -0.15) is 0 Å². The molecule has 0 N–H and O–H groups in total. The lowest BCUT2D eigenvalue weighted by atomic mass is 9.90. The van der Waals surface area contributed by atoms with E-state index in [-0.39, 0.29) is 11.9 Å². The first-order valence-corrected chi connectivity index (χ1v) is 8.93. The highest BCUT2D eigenvalue weighted by Gasteiger charge is 2.32. The maximum absolute atomic E-state index is 12.3. The van der Waals surface area contributed by atoms with Crippen LogP contribution >= 0.6 is 0 Å². The molecule has 0 radical (unpaired) electrons. The summed E-state index contributed by atoms with van der Waals surface area (Å²) in [6.45, 7) is 8.04. The Hall–Kier alpha value is -2.09. The van der Waals surface area contributed by atoms with Crippen LogP contribution in [0.4, 0.5) is 0 Å². The van der Waals surface area contributed by atoms with Gasteiger partial charge in [-0.05, 0) is 54.0 Å². The Kier molecular flexibility index (Phi) is 4.49. The third-order valence-electron chi connectivity index (χ3n) is 5.42. The van der Waals surface area contributed by atoms with Crippen molar-refractivity contribution in [1.82, 2.24) is 0 Å². The number of hydrogen-bond acceptors (Lipinski definition) is 2. The summed E-state index contributed by atoms with van der Waals surface area (Å²) in [5.74, 6) is -0.166. The fraction of sp³-hybridized carbons (Fsp3) is 0.409. The number of carbonyl (C=O) groups is 1. The van der Waals surface area contributed by atoms with Crippen molar-refractivity contribution in [2.75, 3.05) is 0 Å². The highest BCUT2D eigenvalue weighted by molar-refractivity contribution is 5.77. The van der Waals surface area contributed by atoms with Crippen molar-refractivity contribution in [1.29, 1.82) is 0 Å². The molecule has 0 aromatic heterocycles. The highest BCUT2D eigenvalue weighted by atomic mass is 16.6. The minimum Gasteiger partial charge on any atom is -0.454 e. The average Bonchev–Trinajstić information content (AvgIpc) is 2.98. The van der Waals surface area contributed by atoms with Gasteiger partial charge in [0.2, 0.25) is 0 Å². The zero-order chi connectivity index (χ0) is 17.3. The third kappa shape index (κ3) is 2.86. The summed E-state index contributed by atoms with van der Waals surface area (Å²) in [6, 6.07) is 15.1. The standard InChI is InChI=1S/C22H26O2/c1-5-15(3)21(23)24-22(4,6-2)18-11-12-20-17(14-18)13-16-9-7-8-10-19(16)20/h7-12,14-15H,5-6,13H2,1-4H3. The van der Waals surface area contributed by atoms with Crippen molar-refractivity contribution in [2.24, 2.45) is 5.92 Å². The first-order chi connectivity index (χ1) is 11.5. The van der Waals surface area contributed by atoms with Gasteiger partial charge in [0.15, 0.2) is 0 Å². The van der Waals surface area contributed by atoms with Crippen LogP contribution in [-0.2, 0) is 21.6 Å². The van der Waals surface area contributed by atoms with Gasteiger partial charge in [-0.3, -0.25) is 4.79 Å². The SMILES string of the molecule is CCC(C)C(=O)OC(C)(CC)c1ccc2c(c1)Cc1ccccc1-2. The summed E-state index contributed by atoms with van der Waals surface area (Å²) in [4.78, 5) is 12.3. The molecule has 2 unspecified atom stereocenters. The minimum atomic E-state index is -0.565. The van der Waals surface area contributed by atoms with Crippen LogP contribution in [0.1, 0.15) is 57.2 Å². The van der Waals surface area contributed by atoms with Crippen LogP contribution < -0.4 is 0 Å². The molecule has 0 saturated heterocycles. The Balaban J connectivity index is 1.92. The highest BCUT2D eigenvalue weighted by Crippen LogP contribution is 2.40. The number of rotatable bonds is 5. The van der Waals surface area contributed by atoms with Gasteiger partial charge in [0, 0.05) is 0 Å². The first-order valence-electron chi connectivity index (χ1n) is 8.93. The normalized spacial score (nSPS) is 16.0. The number of esters is 1. The monoisotopic (exact) mass is 322 g/mol. The molecule has 0 bridgehead atoms. The Morgan fingerprint density at radius 1 is 1.12 bits per heavy atom. The summed E-state index contributed by atoms with van der Waals surface area (Å²) in [6.07, 6.45) is 2.53. The Labute approximate surface area is 144 Å². The van der Waals surface area contributed by atoms with E-state index in [1.165, 1.54) is 22.3 Å². The fourth-order valence-corrected chi connectivity index (χ4v) is 3.30. The van der Waals surface area contributed by atoms with Gasteiger partial charge in [0.05, 0.1) is 5.92 Å². The molecule has 1 aliphatic rings. The van der Waals surface area contributed by atoms with Gasteiger partial charge >= 0.3 is 5.97 Å². The van der Waals surface area contributed by atoms with Crippen LogP contribution in [-0.4, -0.2) is 5.97 Å². The van der Waals surface area contributed by atoms with Gasteiger partial charge in [-0.1, -0.05) is 63.2 Å². The molecule has 2 atom stereocenters. The van der Waals surface area contributed by atoms with E-state index < -0.39 is 5.60 Å². The van der Waals surface area contributed by atoms with Crippen molar-refractivity contribution in [3.8, 4) is 11.1 Å². The number of hydrogen-bond donors (Lipinski definition) is 0. The second-order valence-corrected chi connectivity index (χ2v) is 7.02. The topological polar surface area (TPSA) is 26.3 Å². The van der Waals surface area contributed by atoms with Crippen molar-refractivity contribution < 1.29 is 9.53 Å². The van der Waals surface area contributed by atoms with Gasteiger partial charge in [-0.15, -0.1) is 0 Å². The zero-order valence-electron chi connectivity index (χ0n) is 15.1. The van der Waals surface area contributed by atoms with Crippen LogP contribution in [0.15, 0.2) is 42.5 Å². The number of ether oxygens (including phenoxy) is 1. The summed E-state index contributed by atoms with van der Waals surface area (Å²) < 4.78 is 5.92. The summed E-state index contributed by atoms with van der Waals surface area (Å²) in [7, 11) is 0. The first kappa shape index (κ1) is 16.8. The molecule has 0 fully saturated rings.